The second-order valence-corrected chi connectivity index (χ2v) is 8.94. The van der Waals surface area contributed by atoms with Gasteiger partial charge in [-0.15, -0.1) is 0 Å². The number of para-hydroxylation sites is 1. The number of rotatable bonds is 5. The van der Waals surface area contributed by atoms with Crippen LogP contribution in [0.2, 0.25) is 0 Å². The summed E-state index contributed by atoms with van der Waals surface area (Å²) in [6.07, 6.45) is 0.868. The number of pyridine rings is 1. The van der Waals surface area contributed by atoms with Crippen molar-refractivity contribution in [3.8, 4) is 5.75 Å². The third-order valence-electron chi connectivity index (χ3n) is 6.84. The number of methoxy groups -OCH3 is 1. The summed E-state index contributed by atoms with van der Waals surface area (Å²) in [4.78, 5) is 53.6. The molecule has 0 saturated carbocycles. The van der Waals surface area contributed by atoms with Crippen molar-refractivity contribution >= 4 is 17.8 Å². The van der Waals surface area contributed by atoms with Crippen molar-refractivity contribution in [3.63, 3.8) is 0 Å². The maximum Gasteiger partial charge on any atom is 0.325 e. The summed E-state index contributed by atoms with van der Waals surface area (Å²) in [6, 6.07) is 11.1. The number of amides is 4. The lowest BCUT2D eigenvalue weighted by Gasteiger charge is -2.43. The quantitative estimate of drug-likeness (QED) is 0.693. The van der Waals surface area contributed by atoms with E-state index in [1.807, 2.05) is 22.8 Å². The van der Waals surface area contributed by atoms with E-state index in [2.05, 4.69) is 5.32 Å². The lowest BCUT2D eigenvalue weighted by atomic mass is 9.83. The minimum Gasteiger partial charge on any atom is -0.496 e. The van der Waals surface area contributed by atoms with Crippen molar-refractivity contribution in [1.29, 1.82) is 0 Å². The Hall–Kier alpha value is -3.62. The minimum atomic E-state index is -0.878. The number of urea groups is 1. The van der Waals surface area contributed by atoms with Crippen molar-refractivity contribution in [2.45, 2.75) is 37.9 Å². The Balaban J connectivity index is 1.26. The van der Waals surface area contributed by atoms with E-state index < -0.39 is 18.0 Å². The summed E-state index contributed by atoms with van der Waals surface area (Å²) in [5.41, 5.74) is 1.68. The standard InChI is InChI=1S/C24H26N4O5/c1-33-20-7-3-2-5-16(20)14-28-23(31)18(25-24(28)32)10-22(30)26-11-15-9-17(13-26)19-6-4-8-21(29)27(19)12-15/h2-8,15,17-18H,9-14H2,1H3,(H,25,32)/t15?,17?,18-/m0/s1. The van der Waals surface area contributed by atoms with Crippen LogP contribution in [-0.4, -0.2) is 58.5 Å². The van der Waals surface area contributed by atoms with Crippen molar-refractivity contribution in [2.24, 2.45) is 5.92 Å². The van der Waals surface area contributed by atoms with E-state index in [0.29, 0.717) is 30.9 Å². The van der Waals surface area contributed by atoms with Gasteiger partial charge < -0.3 is 19.5 Å². The van der Waals surface area contributed by atoms with Gasteiger partial charge in [-0.1, -0.05) is 24.3 Å². The highest BCUT2D eigenvalue weighted by Crippen LogP contribution is 2.35. The van der Waals surface area contributed by atoms with Crippen LogP contribution in [0.3, 0.4) is 0 Å². The smallest absolute Gasteiger partial charge is 0.325 e. The number of fused-ring (bicyclic) bond motifs is 4. The van der Waals surface area contributed by atoms with Crippen LogP contribution in [0, 0.1) is 5.92 Å². The van der Waals surface area contributed by atoms with Gasteiger partial charge in [-0.3, -0.25) is 19.3 Å². The molecule has 2 saturated heterocycles. The van der Waals surface area contributed by atoms with E-state index in [-0.39, 0.29) is 36.3 Å². The number of carbonyl (C=O) groups excluding carboxylic acids is 3. The van der Waals surface area contributed by atoms with Crippen molar-refractivity contribution in [1.82, 2.24) is 19.7 Å². The first-order chi connectivity index (χ1) is 15.9. The summed E-state index contributed by atoms with van der Waals surface area (Å²) in [5, 5.41) is 2.66. The molecule has 2 fully saturated rings. The molecule has 1 aromatic carbocycles. The molecule has 0 spiro atoms. The van der Waals surface area contributed by atoms with Gasteiger partial charge in [-0.2, -0.15) is 0 Å². The fourth-order valence-corrected chi connectivity index (χ4v) is 5.27. The fourth-order valence-electron chi connectivity index (χ4n) is 5.27. The zero-order valence-corrected chi connectivity index (χ0v) is 18.4. The Labute approximate surface area is 190 Å². The molecule has 2 bridgehead atoms. The first-order valence-electron chi connectivity index (χ1n) is 11.2. The molecule has 4 amide bonds. The van der Waals surface area contributed by atoms with Crippen LogP contribution < -0.4 is 15.6 Å². The number of ether oxygens (including phenoxy) is 1. The first-order valence-corrected chi connectivity index (χ1v) is 11.2. The molecule has 3 aliphatic heterocycles. The predicted molar refractivity (Wildman–Crippen MR) is 119 cm³/mol. The summed E-state index contributed by atoms with van der Waals surface area (Å²) >= 11 is 0. The van der Waals surface area contributed by atoms with Gasteiger partial charge in [0, 0.05) is 42.9 Å². The Morgan fingerprint density at radius 2 is 1.88 bits per heavy atom. The Bertz CT molecular complexity index is 1180. The molecule has 2 aromatic rings. The molecule has 0 radical (unpaired) electrons. The van der Waals surface area contributed by atoms with Gasteiger partial charge in [0.15, 0.2) is 0 Å². The van der Waals surface area contributed by atoms with Crippen LogP contribution in [0.4, 0.5) is 4.79 Å². The minimum absolute atomic E-state index is 0.00335. The van der Waals surface area contributed by atoms with Crippen molar-refractivity contribution < 1.29 is 19.1 Å². The fraction of sp³-hybridized carbons (Fsp3) is 0.417. The molecule has 33 heavy (non-hydrogen) atoms. The van der Waals surface area contributed by atoms with Gasteiger partial charge >= 0.3 is 6.03 Å². The number of likely N-dealkylation sites (tertiary alicyclic amines) is 1. The molecule has 172 valence electrons. The molecule has 5 rings (SSSR count). The predicted octanol–water partition coefficient (Wildman–Crippen LogP) is 1.31. The van der Waals surface area contributed by atoms with E-state index in [4.69, 9.17) is 4.74 Å². The van der Waals surface area contributed by atoms with Crippen LogP contribution >= 0.6 is 0 Å². The van der Waals surface area contributed by atoms with Gasteiger partial charge in [0.1, 0.15) is 11.8 Å². The first kappa shape index (κ1) is 21.2. The summed E-state index contributed by atoms with van der Waals surface area (Å²) in [7, 11) is 1.54. The molecule has 3 aliphatic rings. The van der Waals surface area contributed by atoms with Gasteiger partial charge in [0.05, 0.1) is 20.1 Å². The Morgan fingerprint density at radius 3 is 2.70 bits per heavy atom. The number of hydrogen-bond acceptors (Lipinski definition) is 5. The zero-order valence-electron chi connectivity index (χ0n) is 18.4. The number of aromatic nitrogens is 1. The molecule has 9 nitrogen and oxygen atoms in total. The zero-order chi connectivity index (χ0) is 23.1. The molecular formula is C24H26N4O5. The maximum atomic E-state index is 13.1. The molecule has 4 heterocycles. The van der Waals surface area contributed by atoms with Gasteiger partial charge in [-0.25, -0.2) is 4.79 Å². The number of hydrogen-bond donors (Lipinski definition) is 1. The lowest BCUT2D eigenvalue weighted by molar-refractivity contribution is -0.137. The molecule has 0 aliphatic carbocycles. The van der Waals surface area contributed by atoms with E-state index in [1.165, 1.54) is 7.11 Å². The number of nitrogens with one attached hydrogen (secondary N) is 1. The number of carbonyl (C=O) groups is 3. The van der Waals surface area contributed by atoms with E-state index in [9.17, 15) is 19.2 Å². The van der Waals surface area contributed by atoms with Gasteiger partial charge in [-0.05, 0) is 24.5 Å². The van der Waals surface area contributed by atoms with Crippen LogP contribution in [0.15, 0.2) is 47.3 Å². The largest absolute Gasteiger partial charge is 0.496 e. The van der Waals surface area contributed by atoms with Crippen LogP contribution in [-0.2, 0) is 22.7 Å². The molecular weight excluding hydrogens is 424 g/mol. The molecule has 1 aromatic heterocycles. The molecule has 9 heteroatoms. The third-order valence-corrected chi connectivity index (χ3v) is 6.84. The van der Waals surface area contributed by atoms with Gasteiger partial charge in [0.25, 0.3) is 11.5 Å². The molecule has 3 atom stereocenters. The second kappa shape index (κ2) is 8.38. The number of imide groups is 1. The van der Waals surface area contributed by atoms with E-state index in [0.717, 1.165) is 17.0 Å². The maximum absolute atomic E-state index is 13.1. The van der Waals surface area contributed by atoms with E-state index >= 15 is 0 Å². The Morgan fingerprint density at radius 1 is 1.06 bits per heavy atom. The topological polar surface area (TPSA) is 101 Å². The number of nitrogens with zero attached hydrogens (tertiary/aromatic N) is 3. The molecule has 1 N–H and O–H groups in total. The monoisotopic (exact) mass is 450 g/mol. The summed E-state index contributed by atoms with van der Waals surface area (Å²) < 4.78 is 7.13. The second-order valence-electron chi connectivity index (χ2n) is 8.94. The normalized spacial score (nSPS) is 23.8. The van der Waals surface area contributed by atoms with Crippen LogP contribution in [0.25, 0.3) is 0 Å². The lowest BCUT2D eigenvalue weighted by Crippen LogP contribution is -2.50. The van der Waals surface area contributed by atoms with Crippen LogP contribution in [0.5, 0.6) is 5.75 Å². The number of piperidine rings is 1. The number of benzene rings is 1. The highest BCUT2D eigenvalue weighted by molar-refractivity contribution is 6.05. The summed E-state index contributed by atoms with van der Waals surface area (Å²) in [6.45, 7) is 1.74. The van der Waals surface area contributed by atoms with Gasteiger partial charge in [0.2, 0.25) is 5.91 Å². The average molecular weight is 450 g/mol. The highest BCUT2D eigenvalue weighted by Gasteiger charge is 2.42. The van der Waals surface area contributed by atoms with Crippen molar-refractivity contribution in [3.05, 3.63) is 64.1 Å². The Kier molecular flexibility index (Phi) is 5.39. The summed E-state index contributed by atoms with van der Waals surface area (Å²) in [5.74, 6) is 0.335. The van der Waals surface area contributed by atoms with Crippen molar-refractivity contribution in [2.75, 3.05) is 20.2 Å². The average Bonchev–Trinajstić information content (AvgIpc) is 3.07. The van der Waals surface area contributed by atoms with Crippen LogP contribution in [0.1, 0.15) is 30.0 Å². The molecule has 2 unspecified atom stereocenters. The van der Waals surface area contributed by atoms with E-state index in [1.54, 1.807) is 29.2 Å². The highest BCUT2D eigenvalue weighted by atomic mass is 16.5. The SMILES string of the molecule is COc1ccccc1CN1C(=O)N[C@@H](CC(=O)N2CC3CC(C2)c2cccc(=O)n2C3)C1=O. The third kappa shape index (κ3) is 3.88.